The molecule has 1 heterocycles. The lowest BCUT2D eigenvalue weighted by molar-refractivity contribution is -0.139. The first-order valence-electron chi connectivity index (χ1n) is 9.37. The molecule has 154 valence electrons. The molecule has 0 spiro atoms. The van der Waals surface area contributed by atoms with Crippen LogP contribution in [0.15, 0.2) is 75.8 Å². The van der Waals surface area contributed by atoms with Crippen LogP contribution >= 0.6 is 15.9 Å². The van der Waals surface area contributed by atoms with Crippen molar-refractivity contribution in [1.29, 1.82) is 5.26 Å². The summed E-state index contributed by atoms with van der Waals surface area (Å²) in [5.41, 5.74) is 8.04. The molecule has 2 N–H and O–H groups in total. The molecule has 6 nitrogen and oxygen atoms in total. The summed E-state index contributed by atoms with van der Waals surface area (Å²) in [6, 6.07) is 17.1. The van der Waals surface area contributed by atoms with E-state index in [1.165, 1.54) is 0 Å². The predicted octanol–water partition coefficient (Wildman–Crippen LogP) is 4.67. The van der Waals surface area contributed by atoms with E-state index in [0.29, 0.717) is 23.7 Å². The normalized spacial score (nSPS) is 16.0. The maximum absolute atomic E-state index is 12.6. The molecule has 1 unspecified atom stereocenters. The molecular weight excluding hydrogens is 448 g/mol. The average molecular weight is 469 g/mol. The van der Waals surface area contributed by atoms with Gasteiger partial charge in [0.1, 0.15) is 29.8 Å². The van der Waals surface area contributed by atoms with E-state index in [1.807, 2.05) is 42.5 Å². The van der Waals surface area contributed by atoms with Gasteiger partial charge in [0.25, 0.3) is 0 Å². The highest BCUT2D eigenvalue weighted by molar-refractivity contribution is 9.10. The third-order valence-electron chi connectivity index (χ3n) is 4.64. The zero-order valence-electron chi connectivity index (χ0n) is 16.6. The molecule has 1 aliphatic rings. The smallest absolute Gasteiger partial charge is 0.338 e. The molecule has 0 aliphatic carbocycles. The maximum Gasteiger partial charge on any atom is 0.338 e. The van der Waals surface area contributed by atoms with Crippen molar-refractivity contribution in [2.24, 2.45) is 5.73 Å². The first-order valence-corrected chi connectivity index (χ1v) is 10.2. The summed E-state index contributed by atoms with van der Waals surface area (Å²) in [5, 5.41) is 9.68. The van der Waals surface area contributed by atoms with Gasteiger partial charge in [-0.2, -0.15) is 5.26 Å². The molecule has 2 aromatic rings. The maximum atomic E-state index is 12.6. The highest BCUT2D eigenvalue weighted by Crippen LogP contribution is 2.40. The molecule has 0 saturated carbocycles. The summed E-state index contributed by atoms with van der Waals surface area (Å²) >= 11 is 3.51. The van der Waals surface area contributed by atoms with E-state index >= 15 is 0 Å². The topological polar surface area (TPSA) is 94.6 Å². The monoisotopic (exact) mass is 468 g/mol. The molecule has 30 heavy (non-hydrogen) atoms. The summed E-state index contributed by atoms with van der Waals surface area (Å²) in [4.78, 5) is 12.6. The van der Waals surface area contributed by atoms with Gasteiger partial charge < -0.3 is 19.9 Å². The van der Waals surface area contributed by atoms with Gasteiger partial charge in [0.15, 0.2) is 0 Å². The number of rotatable bonds is 6. The molecule has 0 bridgehead atoms. The molecule has 1 aliphatic heterocycles. The fraction of sp³-hybridized carbons (Fsp3) is 0.217. The van der Waals surface area contributed by atoms with Crippen LogP contribution in [-0.2, 0) is 20.9 Å². The van der Waals surface area contributed by atoms with Crippen LogP contribution in [0.1, 0.15) is 30.9 Å². The summed E-state index contributed by atoms with van der Waals surface area (Å²) in [6.45, 7) is 3.92. The van der Waals surface area contributed by atoms with Crippen LogP contribution in [0.4, 0.5) is 0 Å². The van der Waals surface area contributed by atoms with Gasteiger partial charge in [-0.05, 0) is 37.6 Å². The number of halogens is 1. The third kappa shape index (κ3) is 4.50. The van der Waals surface area contributed by atoms with Crippen LogP contribution in [0.3, 0.4) is 0 Å². The fourth-order valence-electron chi connectivity index (χ4n) is 3.25. The van der Waals surface area contributed by atoms with E-state index in [4.69, 9.17) is 19.9 Å². The second-order valence-electron chi connectivity index (χ2n) is 6.57. The highest BCUT2D eigenvalue weighted by Gasteiger charge is 2.36. The minimum atomic E-state index is -0.699. The molecule has 0 aromatic heterocycles. The van der Waals surface area contributed by atoms with E-state index in [9.17, 15) is 10.1 Å². The van der Waals surface area contributed by atoms with Gasteiger partial charge in [-0.25, -0.2) is 4.79 Å². The number of carbonyl (C=O) groups is 1. The van der Waals surface area contributed by atoms with Crippen molar-refractivity contribution >= 4 is 21.9 Å². The van der Waals surface area contributed by atoms with E-state index in [0.717, 1.165) is 10.0 Å². The Morgan fingerprint density at radius 1 is 1.27 bits per heavy atom. The Bertz CT molecular complexity index is 1070. The quantitative estimate of drug-likeness (QED) is 0.618. The van der Waals surface area contributed by atoms with E-state index < -0.39 is 11.9 Å². The first kappa shape index (κ1) is 21.5. The van der Waals surface area contributed by atoms with Crippen molar-refractivity contribution in [2.45, 2.75) is 26.4 Å². The summed E-state index contributed by atoms with van der Waals surface area (Å²) < 4.78 is 17.5. The lowest BCUT2D eigenvalue weighted by Crippen LogP contribution is -2.25. The van der Waals surface area contributed by atoms with Crippen molar-refractivity contribution in [3.63, 3.8) is 0 Å². The van der Waals surface area contributed by atoms with Crippen molar-refractivity contribution in [1.82, 2.24) is 0 Å². The van der Waals surface area contributed by atoms with Gasteiger partial charge in [-0.1, -0.05) is 46.3 Å². The SMILES string of the molecule is CCOC(=O)C1=C(C)OC(N)=C(C#N)C1c1cccc(OCc2ccccc2Br)c1. The average Bonchev–Trinajstić information content (AvgIpc) is 2.73. The standard InChI is InChI=1S/C23H21BrN2O4/c1-3-28-23(27)20-14(2)30-22(26)18(12-25)21(20)15-8-6-9-17(11-15)29-13-16-7-4-5-10-19(16)24/h4-11,21H,3,13,26H2,1-2H3. The number of esters is 1. The van der Waals surface area contributed by atoms with Crippen LogP contribution < -0.4 is 10.5 Å². The molecule has 7 heteroatoms. The number of ether oxygens (including phenoxy) is 3. The number of hydrogen-bond donors (Lipinski definition) is 1. The van der Waals surface area contributed by atoms with Crippen LogP contribution in [-0.4, -0.2) is 12.6 Å². The Balaban J connectivity index is 1.96. The van der Waals surface area contributed by atoms with E-state index in [-0.39, 0.29) is 23.6 Å². The van der Waals surface area contributed by atoms with Crippen molar-refractivity contribution in [2.75, 3.05) is 6.61 Å². The zero-order valence-corrected chi connectivity index (χ0v) is 18.2. The lowest BCUT2D eigenvalue weighted by atomic mass is 9.83. The molecule has 0 fully saturated rings. The molecule has 2 aromatic carbocycles. The number of nitrogens with zero attached hydrogens (tertiary/aromatic N) is 1. The largest absolute Gasteiger partial charge is 0.489 e. The summed E-state index contributed by atoms with van der Waals surface area (Å²) in [5.74, 6) is -0.344. The summed E-state index contributed by atoms with van der Waals surface area (Å²) in [6.07, 6.45) is 0. The summed E-state index contributed by atoms with van der Waals surface area (Å²) in [7, 11) is 0. The Kier molecular flexibility index (Phi) is 6.80. The van der Waals surface area contributed by atoms with E-state index in [1.54, 1.807) is 19.9 Å². The molecule has 0 radical (unpaired) electrons. The number of allylic oxidation sites excluding steroid dienone is 2. The predicted molar refractivity (Wildman–Crippen MR) is 115 cm³/mol. The third-order valence-corrected chi connectivity index (χ3v) is 5.42. The number of carbonyl (C=O) groups excluding carboxylic acids is 1. The van der Waals surface area contributed by atoms with Crippen LogP contribution in [0.2, 0.25) is 0 Å². The van der Waals surface area contributed by atoms with Gasteiger partial charge in [-0.3, -0.25) is 0 Å². The van der Waals surface area contributed by atoms with Gasteiger partial charge >= 0.3 is 5.97 Å². The number of benzene rings is 2. The second kappa shape index (κ2) is 9.51. The number of nitrogens with two attached hydrogens (primary N) is 1. The molecule has 0 amide bonds. The van der Waals surface area contributed by atoms with Gasteiger partial charge in [0, 0.05) is 10.0 Å². The van der Waals surface area contributed by atoms with Crippen molar-refractivity contribution < 1.29 is 19.0 Å². The Morgan fingerprint density at radius 3 is 2.73 bits per heavy atom. The minimum Gasteiger partial charge on any atom is -0.489 e. The van der Waals surface area contributed by atoms with Gasteiger partial charge in [-0.15, -0.1) is 0 Å². The van der Waals surface area contributed by atoms with E-state index in [2.05, 4.69) is 22.0 Å². The van der Waals surface area contributed by atoms with Crippen LogP contribution in [0, 0.1) is 11.3 Å². The molecule has 0 saturated heterocycles. The van der Waals surface area contributed by atoms with Crippen LogP contribution in [0.5, 0.6) is 5.75 Å². The zero-order chi connectivity index (χ0) is 21.7. The minimum absolute atomic E-state index is 0.0208. The van der Waals surface area contributed by atoms with Crippen molar-refractivity contribution in [3.05, 3.63) is 86.9 Å². The van der Waals surface area contributed by atoms with Gasteiger partial charge in [0.2, 0.25) is 5.88 Å². The van der Waals surface area contributed by atoms with Crippen LogP contribution in [0.25, 0.3) is 0 Å². The lowest BCUT2D eigenvalue weighted by Gasteiger charge is -2.27. The highest BCUT2D eigenvalue weighted by atomic mass is 79.9. The van der Waals surface area contributed by atoms with Gasteiger partial charge in [0.05, 0.1) is 18.1 Å². The number of hydrogen-bond acceptors (Lipinski definition) is 6. The Morgan fingerprint density at radius 2 is 2.03 bits per heavy atom. The first-order chi connectivity index (χ1) is 14.5. The molecule has 3 rings (SSSR count). The second-order valence-corrected chi connectivity index (χ2v) is 7.42. The molecule has 1 atom stereocenters. The Labute approximate surface area is 183 Å². The Hall–Kier alpha value is -3.24. The fourth-order valence-corrected chi connectivity index (χ4v) is 3.65. The number of nitriles is 1. The molecular formula is C23H21BrN2O4. The van der Waals surface area contributed by atoms with Crippen molar-refractivity contribution in [3.8, 4) is 11.8 Å².